The summed E-state index contributed by atoms with van der Waals surface area (Å²) in [6, 6.07) is 19.7. The van der Waals surface area contributed by atoms with E-state index >= 15 is 0 Å². The van der Waals surface area contributed by atoms with Gasteiger partial charge < -0.3 is 20.4 Å². The Morgan fingerprint density at radius 2 is 1.17 bits per heavy atom. The van der Waals surface area contributed by atoms with Gasteiger partial charge in [0.25, 0.3) is 0 Å². The summed E-state index contributed by atoms with van der Waals surface area (Å²) in [4.78, 5) is 16.4. The van der Waals surface area contributed by atoms with Gasteiger partial charge in [-0.25, -0.2) is 4.79 Å². The van der Waals surface area contributed by atoms with Crippen LogP contribution in [0.25, 0.3) is 0 Å². The number of carbonyl (C=O) groups excluding carboxylic acids is 1. The molecule has 0 aromatic heterocycles. The van der Waals surface area contributed by atoms with Crippen molar-refractivity contribution in [3.63, 3.8) is 0 Å². The minimum atomic E-state index is -0.821. The van der Waals surface area contributed by atoms with Crippen LogP contribution < -0.4 is 10.6 Å². The highest BCUT2D eigenvalue weighted by molar-refractivity contribution is 7.80. The normalized spacial score (nSPS) is 28.6. The number of benzene rings is 2. The Kier molecular flexibility index (Phi) is 3.08. The fraction of sp³-hybridized carbons (Fsp3) is 0.222. The molecule has 2 aliphatic rings. The van der Waals surface area contributed by atoms with E-state index < -0.39 is 11.3 Å². The summed E-state index contributed by atoms with van der Waals surface area (Å²) < 4.78 is 0. The van der Waals surface area contributed by atoms with Gasteiger partial charge in [0.2, 0.25) is 0 Å². The second-order valence-corrected chi connectivity index (χ2v) is 6.50. The van der Waals surface area contributed by atoms with Crippen LogP contribution in [0.2, 0.25) is 0 Å². The van der Waals surface area contributed by atoms with E-state index in [0.717, 1.165) is 11.1 Å². The first-order chi connectivity index (χ1) is 11.5. The Morgan fingerprint density at radius 3 is 1.54 bits per heavy atom. The molecule has 0 bridgehead atoms. The number of urea groups is 1. The number of hydrogen-bond donors (Lipinski definition) is 2. The number of hydrogen-bond acceptors (Lipinski definition) is 2. The minimum absolute atomic E-state index is 0.219. The van der Waals surface area contributed by atoms with Crippen LogP contribution in [-0.4, -0.2) is 35.0 Å². The predicted octanol–water partition coefficient (Wildman–Crippen LogP) is 2.17. The Balaban J connectivity index is 2.07. The van der Waals surface area contributed by atoms with Gasteiger partial charge in [-0.15, -0.1) is 0 Å². The fourth-order valence-electron chi connectivity index (χ4n) is 4.01. The summed E-state index contributed by atoms with van der Waals surface area (Å²) in [6.45, 7) is 0. The fourth-order valence-corrected chi connectivity index (χ4v) is 4.29. The molecule has 2 fully saturated rings. The topological polar surface area (TPSA) is 47.6 Å². The van der Waals surface area contributed by atoms with Crippen LogP contribution in [0.3, 0.4) is 0 Å². The summed E-state index contributed by atoms with van der Waals surface area (Å²) in [5.74, 6) is 0. The number of likely N-dealkylation sites (N-methyl/N-ethyl adjacent to an activating group) is 2. The summed E-state index contributed by atoms with van der Waals surface area (Å²) >= 11 is 5.66. The minimum Gasteiger partial charge on any atom is -0.321 e. The molecule has 2 aliphatic heterocycles. The highest BCUT2D eigenvalue weighted by Crippen LogP contribution is 2.52. The van der Waals surface area contributed by atoms with Gasteiger partial charge in [-0.2, -0.15) is 0 Å². The van der Waals surface area contributed by atoms with Crippen molar-refractivity contribution in [2.45, 2.75) is 11.3 Å². The average Bonchev–Trinajstić information content (AvgIpc) is 3.02. The van der Waals surface area contributed by atoms with Crippen molar-refractivity contribution >= 4 is 23.4 Å². The summed E-state index contributed by atoms with van der Waals surface area (Å²) in [5, 5.41) is 6.95. The number of nitrogens with zero attached hydrogens (tertiary/aromatic N) is 2. The van der Waals surface area contributed by atoms with E-state index in [1.807, 2.05) is 84.6 Å². The second kappa shape index (κ2) is 4.95. The van der Waals surface area contributed by atoms with Crippen molar-refractivity contribution < 1.29 is 4.79 Å². The van der Waals surface area contributed by atoms with Crippen LogP contribution in [0.5, 0.6) is 0 Å². The van der Waals surface area contributed by atoms with Gasteiger partial charge in [-0.3, -0.25) is 0 Å². The number of amides is 2. The SMILES string of the molecule is CN1C(=S)N(C)C2(c3ccccc3)NC(=O)NC12c1ccccc1. The Labute approximate surface area is 146 Å². The van der Waals surface area contributed by atoms with Gasteiger partial charge in [0.1, 0.15) is 0 Å². The zero-order valence-corrected chi connectivity index (χ0v) is 14.3. The monoisotopic (exact) mass is 338 g/mol. The largest absolute Gasteiger partial charge is 0.321 e. The molecule has 0 radical (unpaired) electrons. The molecule has 2 N–H and O–H groups in total. The highest BCUT2D eigenvalue weighted by atomic mass is 32.1. The van der Waals surface area contributed by atoms with Gasteiger partial charge in [0.15, 0.2) is 16.4 Å². The summed E-state index contributed by atoms with van der Waals surface area (Å²) in [5.41, 5.74) is 0.305. The van der Waals surface area contributed by atoms with Gasteiger partial charge in [-0.1, -0.05) is 60.7 Å². The lowest BCUT2D eigenvalue weighted by atomic mass is 9.82. The van der Waals surface area contributed by atoms with Gasteiger partial charge in [-0.05, 0) is 12.2 Å². The number of thiocarbonyl (C=S) groups is 1. The molecule has 2 heterocycles. The molecule has 4 rings (SSSR count). The van der Waals surface area contributed by atoms with Crippen LogP contribution in [0.15, 0.2) is 60.7 Å². The lowest BCUT2D eigenvalue weighted by Gasteiger charge is -2.43. The third kappa shape index (κ3) is 1.58. The molecule has 0 saturated carbocycles. The van der Waals surface area contributed by atoms with Crippen LogP contribution in [0, 0.1) is 0 Å². The van der Waals surface area contributed by atoms with E-state index in [4.69, 9.17) is 12.2 Å². The number of fused-ring (bicyclic) bond motifs is 1. The van der Waals surface area contributed by atoms with Crippen molar-refractivity contribution in [3.8, 4) is 0 Å². The third-order valence-electron chi connectivity index (χ3n) is 5.08. The van der Waals surface area contributed by atoms with Crippen LogP contribution in [0.1, 0.15) is 11.1 Å². The van der Waals surface area contributed by atoms with E-state index in [1.165, 1.54) is 0 Å². The Hall–Kier alpha value is -2.60. The molecule has 2 atom stereocenters. The molecule has 2 saturated heterocycles. The van der Waals surface area contributed by atoms with Crippen LogP contribution in [0.4, 0.5) is 4.79 Å². The molecular weight excluding hydrogens is 320 g/mol. The Bertz CT molecular complexity index is 747. The molecule has 0 aliphatic carbocycles. The molecule has 2 aromatic rings. The first-order valence-electron chi connectivity index (χ1n) is 7.77. The van der Waals surface area contributed by atoms with E-state index in [1.54, 1.807) is 0 Å². The number of nitrogens with one attached hydrogen (secondary N) is 2. The maximum atomic E-state index is 12.5. The summed E-state index contributed by atoms with van der Waals surface area (Å²) in [7, 11) is 3.84. The predicted molar refractivity (Wildman–Crippen MR) is 96.0 cm³/mol. The van der Waals surface area contributed by atoms with Gasteiger partial charge in [0.05, 0.1) is 0 Å². The first kappa shape index (κ1) is 15.0. The van der Waals surface area contributed by atoms with Crippen molar-refractivity contribution in [3.05, 3.63) is 71.8 Å². The zero-order chi connectivity index (χ0) is 16.9. The third-order valence-corrected chi connectivity index (χ3v) is 5.62. The van der Waals surface area contributed by atoms with Crippen molar-refractivity contribution in [2.75, 3.05) is 14.1 Å². The smallest absolute Gasteiger partial charge is 0.319 e. The summed E-state index contributed by atoms with van der Waals surface area (Å²) in [6.07, 6.45) is 0. The standard InChI is InChI=1S/C18H18N4OS/c1-21-16(24)22(2)18(14-11-7-4-8-12-14)17(21,19-15(23)20-18)13-9-5-3-6-10-13/h3-12H,1-2H3,(H2,19,20,23). The quantitative estimate of drug-likeness (QED) is 0.824. The van der Waals surface area contributed by atoms with E-state index in [9.17, 15) is 4.79 Å². The highest BCUT2D eigenvalue weighted by Gasteiger charge is 2.70. The van der Waals surface area contributed by atoms with Crippen molar-refractivity contribution in [2.24, 2.45) is 0 Å². The number of rotatable bonds is 2. The van der Waals surface area contributed by atoms with Crippen molar-refractivity contribution in [1.82, 2.24) is 20.4 Å². The molecule has 2 aromatic carbocycles. The van der Waals surface area contributed by atoms with Crippen LogP contribution in [-0.2, 0) is 11.3 Å². The lowest BCUT2D eigenvalue weighted by Crippen LogP contribution is -2.61. The average molecular weight is 338 g/mol. The first-order valence-corrected chi connectivity index (χ1v) is 8.18. The molecule has 5 nitrogen and oxygen atoms in total. The maximum absolute atomic E-state index is 12.5. The molecule has 122 valence electrons. The molecular formula is C18H18N4OS. The van der Waals surface area contributed by atoms with Gasteiger partial charge in [0, 0.05) is 25.2 Å². The Morgan fingerprint density at radius 1 is 0.792 bits per heavy atom. The molecule has 2 amide bonds. The van der Waals surface area contributed by atoms with Crippen molar-refractivity contribution in [1.29, 1.82) is 0 Å². The molecule has 0 spiro atoms. The van der Waals surface area contributed by atoms with E-state index in [0.29, 0.717) is 5.11 Å². The molecule has 6 heteroatoms. The molecule has 2 unspecified atom stereocenters. The van der Waals surface area contributed by atoms with E-state index in [-0.39, 0.29) is 6.03 Å². The second-order valence-electron chi connectivity index (χ2n) is 6.13. The molecule has 24 heavy (non-hydrogen) atoms. The van der Waals surface area contributed by atoms with Crippen LogP contribution >= 0.6 is 12.2 Å². The zero-order valence-electron chi connectivity index (χ0n) is 13.5. The lowest BCUT2D eigenvalue weighted by molar-refractivity contribution is 0.0616. The van der Waals surface area contributed by atoms with E-state index in [2.05, 4.69) is 10.6 Å². The van der Waals surface area contributed by atoms with Gasteiger partial charge >= 0.3 is 6.03 Å². The number of carbonyl (C=O) groups is 1. The maximum Gasteiger partial charge on any atom is 0.319 e.